The molecule has 18 heavy (non-hydrogen) atoms. The van der Waals surface area contributed by atoms with Gasteiger partial charge in [0.2, 0.25) is 0 Å². The summed E-state index contributed by atoms with van der Waals surface area (Å²) in [5.74, 6) is 0.683. The van der Waals surface area contributed by atoms with Crippen molar-refractivity contribution < 1.29 is 0 Å². The summed E-state index contributed by atoms with van der Waals surface area (Å²) in [6.45, 7) is 0. The summed E-state index contributed by atoms with van der Waals surface area (Å²) in [7, 11) is 0. The molecule has 0 aliphatic rings. The Morgan fingerprint density at radius 1 is 1.11 bits per heavy atom. The zero-order chi connectivity index (χ0) is 12.5. The molecule has 2 heterocycles. The van der Waals surface area contributed by atoms with E-state index < -0.39 is 0 Å². The second-order valence-corrected chi connectivity index (χ2v) is 5.84. The molecule has 0 aliphatic heterocycles. The molecule has 0 amide bonds. The highest BCUT2D eigenvalue weighted by Gasteiger charge is 2.08. The van der Waals surface area contributed by atoms with Crippen molar-refractivity contribution in [2.45, 2.75) is 4.90 Å². The van der Waals surface area contributed by atoms with E-state index in [-0.39, 0.29) is 0 Å². The fourth-order valence-electron chi connectivity index (χ4n) is 1.69. The molecule has 0 fully saturated rings. The standard InChI is InChI=1S/C13H9ClN2S2/c1-17-9-4-2-8(3-5-9)12-15-11(14)10-6-7-18-13(10)16-12/h2-7H,1H3. The van der Waals surface area contributed by atoms with Crippen LogP contribution in [0, 0.1) is 0 Å². The van der Waals surface area contributed by atoms with E-state index >= 15 is 0 Å². The number of fused-ring (bicyclic) bond motifs is 1. The van der Waals surface area contributed by atoms with Crippen LogP contribution in [0.15, 0.2) is 40.6 Å². The number of nitrogens with zero attached hydrogens (tertiary/aromatic N) is 2. The van der Waals surface area contributed by atoms with Crippen molar-refractivity contribution >= 4 is 44.9 Å². The summed E-state index contributed by atoms with van der Waals surface area (Å²) >= 11 is 9.46. The van der Waals surface area contributed by atoms with E-state index in [0.29, 0.717) is 11.0 Å². The first-order valence-corrected chi connectivity index (χ1v) is 7.81. The van der Waals surface area contributed by atoms with Gasteiger partial charge in [-0.1, -0.05) is 23.7 Å². The maximum absolute atomic E-state index is 6.16. The van der Waals surface area contributed by atoms with Gasteiger partial charge in [0.05, 0.1) is 0 Å². The predicted molar refractivity (Wildman–Crippen MR) is 79.6 cm³/mol. The maximum Gasteiger partial charge on any atom is 0.162 e. The van der Waals surface area contributed by atoms with Crippen LogP contribution in [0.1, 0.15) is 0 Å². The molecule has 0 atom stereocenters. The van der Waals surface area contributed by atoms with Crippen LogP contribution in [0.5, 0.6) is 0 Å². The van der Waals surface area contributed by atoms with Crippen LogP contribution >= 0.6 is 34.7 Å². The molecule has 5 heteroatoms. The normalized spacial score (nSPS) is 11.0. The van der Waals surface area contributed by atoms with Crippen LogP contribution in [0.4, 0.5) is 0 Å². The monoisotopic (exact) mass is 292 g/mol. The molecule has 2 aromatic heterocycles. The van der Waals surface area contributed by atoms with E-state index in [0.717, 1.165) is 15.8 Å². The Hall–Kier alpha value is -1.10. The Bertz CT molecular complexity index is 692. The minimum Gasteiger partial charge on any atom is -0.217 e. The van der Waals surface area contributed by atoms with E-state index in [9.17, 15) is 0 Å². The molecule has 0 radical (unpaired) electrons. The Labute approximate surface area is 118 Å². The van der Waals surface area contributed by atoms with Crippen molar-refractivity contribution in [1.82, 2.24) is 9.97 Å². The topological polar surface area (TPSA) is 25.8 Å². The molecule has 0 saturated carbocycles. The Kier molecular flexibility index (Phi) is 3.24. The SMILES string of the molecule is CSc1ccc(-c2nc(Cl)c3ccsc3n2)cc1. The third-order valence-corrected chi connectivity index (χ3v) is 4.47. The van der Waals surface area contributed by atoms with E-state index in [1.807, 2.05) is 23.6 Å². The highest BCUT2D eigenvalue weighted by Crippen LogP contribution is 2.28. The number of thioether (sulfide) groups is 1. The van der Waals surface area contributed by atoms with Gasteiger partial charge in [0.25, 0.3) is 0 Å². The lowest BCUT2D eigenvalue weighted by Gasteiger charge is -2.02. The second-order valence-electron chi connectivity index (χ2n) is 3.71. The largest absolute Gasteiger partial charge is 0.217 e. The van der Waals surface area contributed by atoms with Crippen molar-refractivity contribution in [2.75, 3.05) is 6.26 Å². The van der Waals surface area contributed by atoms with Gasteiger partial charge in [-0.2, -0.15) is 0 Å². The summed E-state index contributed by atoms with van der Waals surface area (Å²) in [5.41, 5.74) is 0.991. The molecular formula is C13H9ClN2S2. The van der Waals surface area contributed by atoms with E-state index in [4.69, 9.17) is 11.6 Å². The number of halogens is 1. The molecule has 1 aromatic carbocycles. The van der Waals surface area contributed by atoms with E-state index in [2.05, 4.69) is 28.4 Å². The zero-order valence-electron chi connectivity index (χ0n) is 9.55. The van der Waals surface area contributed by atoms with Crippen LogP contribution in [-0.4, -0.2) is 16.2 Å². The van der Waals surface area contributed by atoms with E-state index in [1.54, 1.807) is 23.1 Å². The van der Waals surface area contributed by atoms with Gasteiger partial charge in [0.1, 0.15) is 9.98 Å². The van der Waals surface area contributed by atoms with Gasteiger partial charge in [-0.25, -0.2) is 9.97 Å². The summed E-state index contributed by atoms with van der Waals surface area (Å²) in [4.78, 5) is 11.0. The molecule has 0 unspecified atom stereocenters. The predicted octanol–water partition coefficient (Wildman–Crippen LogP) is 4.73. The van der Waals surface area contributed by atoms with Crippen LogP contribution < -0.4 is 0 Å². The lowest BCUT2D eigenvalue weighted by atomic mass is 10.2. The molecule has 0 aliphatic carbocycles. The second kappa shape index (κ2) is 4.88. The average molecular weight is 293 g/mol. The number of thiophene rings is 1. The summed E-state index contributed by atoms with van der Waals surface area (Å²) in [6, 6.07) is 10.1. The zero-order valence-corrected chi connectivity index (χ0v) is 11.9. The molecular weight excluding hydrogens is 284 g/mol. The van der Waals surface area contributed by atoms with Crippen molar-refractivity contribution in [1.29, 1.82) is 0 Å². The minimum absolute atomic E-state index is 0.519. The third kappa shape index (κ3) is 2.11. The van der Waals surface area contributed by atoms with Crippen LogP contribution in [0.2, 0.25) is 5.15 Å². The quantitative estimate of drug-likeness (QED) is 0.504. The maximum atomic E-state index is 6.16. The van der Waals surface area contributed by atoms with Gasteiger partial charge in [0, 0.05) is 15.8 Å². The fourth-order valence-corrected chi connectivity index (χ4v) is 3.15. The molecule has 3 aromatic rings. The van der Waals surface area contributed by atoms with Crippen molar-refractivity contribution in [3.8, 4) is 11.4 Å². The Morgan fingerprint density at radius 3 is 2.61 bits per heavy atom. The van der Waals surface area contributed by atoms with Crippen LogP contribution in [0.25, 0.3) is 21.6 Å². The van der Waals surface area contributed by atoms with Gasteiger partial charge in [-0.3, -0.25) is 0 Å². The van der Waals surface area contributed by atoms with Crippen LogP contribution in [0.3, 0.4) is 0 Å². The Balaban J connectivity index is 2.12. The number of aromatic nitrogens is 2. The van der Waals surface area contributed by atoms with Gasteiger partial charge in [-0.15, -0.1) is 23.1 Å². The molecule has 3 rings (SSSR count). The number of rotatable bonds is 2. The van der Waals surface area contributed by atoms with E-state index in [1.165, 1.54) is 4.90 Å². The van der Waals surface area contributed by atoms with Crippen molar-refractivity contribution in [3.05, 3.63) is 40.9 Å². The molecule has 2 nitrogen and oxygen atoms in total. The van der Waals surface area contributed by atoms with Crippen molar-refractivity contribution in [2.24, 2.45) is 0 Å². The first-order valence-electron chi connectivity index (χ1n) is 5.33. The third-order valence-electron chi connectivity index (χ3n) is 2.63. The number of hydrogen-bond donors (Lipinski definition) is 0. The molecule has 0 bridgehead atoms. The summed E-state index contributed by atoms with van der Waals surface area (Å²) in [5, 5.41) is 3.42. The number of hydrogen-bond acceptors (Lipinski definition) is 4. The minimum atomic E-state index is 0.519. The average Bonchev–Trinajstić information content (AvgIpc) is 2.88. The summed E-state index contributed by atoms with van der Waals surface area (Å²) in [6.07, 6.45) is 2.06. The van der Waals surface area contributed by atoms with Gasteiger partial charge < -0.3 is 0 Å². The number of benzene rings is 1. The lowest BCUT2D eigenvalue weighted by Crippen LogP contribution is -1.89. The smallest absolute Gasteiger partial charge is 0.162 e. The lowest BCUT2D eigenvalue weighted by molar-refractivity contribution is 1.23. The Morgan fingerprint density at radius 2 is 1.89 bits per heavy atom. The first kappa shape index (κ1) is 12.0. The van der Waals surface area contributed by atoms with Gasteiger partial charge in [0.15, 0.2) is 5.82 Å². The molecule has 0 spiro atoms. The highest BCUT2D eigenvalue weighted by molar-refractivity contribution is 7.98. The first-order chi connectivity index (χ1) is 8.78. The molecule has 90 valence electrons. The fraction of sp³-hybridized carbons (Fsp3) is 0.0769. The van der Waals surface area contributed by atoms with Gasteiger partial charge >= 0.3 is 0 Å². The van der Waals surface area contributed by atoms with Gasteiger partial charge in [-0.05, 0) is 29.8 Å². The summed E-state index contributed by atoms with van der Waals surface area (Å²) < 4.78 is 0. The molecule has 0 saturated heterocycles. The highest BCUT2D eigenvalue weighted by atomic mass is 35.5. The molecule has 0 N–H and O–H groups in total. The van der Waals surface area contributed by atoms with Crippen molar-refractivity contribution in [3.63, 3.8) is 0 Å². The van der Waals surface area contributed by atoms with Crippen LogP contribution in [-0.2, 0) is 0 Å².